The van der Waals surface area contributed by atoms with Gasteiger partial charge >= 0.3 is 0 Å². The second kappa shape index (κ2) is 8.85. The summed E-state index contributed by atoms with van der Waals surface area (Å²) < 4.78 is 0. The molecule has 156 valence electrons. The van der Waals surface area contributed by atoms with Crippen LogP contribution in [0, 0.1) is 13.8 Å². The highest BCUT2D eigenvalue weighted by Gasteiger charge is 2.20. The molecule has 3 N–H and O–H groups in total. The van der Waals surface area contributed by atoms with Gasteiger partial charge in [-0.2, -0.15) is 15.0 Å². The number of hydrogen-bond donors (Lipinski definition) is 2. The van der Waals surface area contributed by atoms with Crippen molar-refractivity contribution in [3.8, 4) is 0 Å². The van der Waals surface area contributed by atoms with Gasteiger partial charge in [0, 0.05) is 42.6 Å². The van der Waals surface area contributed by atoms with Gasteiger partial charge in [0.1, 0.15) is 5.82 Å². The second-order valence-electron chi connectivity index (χ2n) is 7.57. The van der Waals surface area contributed by atoms with Gasteiger partial charge in [-0.3, -0.25) is 4.90 Å². The van der Waals surface area contributed by atoms with Gasteiger partial charge in [0.25, 0.3) is 0 Å². The van der Waals surface area contributed by atoms with Crippen molar-refractivity contribution in [2.45, 2.75) is 20.4 Å². The molecule has 2 heterocycles. The fourth-order valence-electron chi connectivity index (χ4n) is 3.67. The van der Waals surface area contributed by atoms with Crippen LogP contribution in [0.1, 0.15) is 17.0 Å². The van der Waals surface area contributed by atoms with Crippen LogP contribution in [-0.4, -0.2) is 46.0 Å². The van der Waals surface area contributed by atoms with E-state index in [9.17, 15) is 0 Å². The van der Waals surface area contributed by atoms with Crippen molar-refractivity contribution in [2.24, 2.45) is 0 Å². The van der Waals surface area contributed by atoms with Gasteiger partial charge in [-0.15, -0.1) is 0 Å². The SMILES string of the molecule is Cc1ccccc1Nc1nc(N)nc(CN2CCN(c3cc(Cl)ccc3C)CC2)n1. The Bertz CT molecular complexity index is 1030. The summed E-state index contributed by atoms with van der Waals surface area (Å²) >= 11 is 6.19. The number of nitrogens with zero attached hydrogens (tertiary/aromatic N) is 5. The fraction of sp³-hybridized carbons (Fsp3) is 0.318. The summed E-state index contributed by atoms with van der Waals surface area (Å²) in [5.41, 5.74) is 10.5. The summed E-state index contributed by atoms with van der Waals surface area (Å²) in [6.07, 6.45) is 0. The summed E-state index contributed by atoms with van der Waals surface area (Å²) in [7, 11) is 0. The number of aryl methyl sites for hydroxylation is 2. The molecule has 0 aliphatic carbocycles. The van der Waals surface area contributed by atoms with Crippen LogP contribution in [0.2, 0.25) is 5.02 Å². The van der Waals surface area contributed by atoms with Crippen LogP contribution in [-0.2, 0) is 6.54 Å². The number of hydrogen-bond acceptors (Lipinski definition) is 7. The van der Waals surface area contributed by atoms with Crippen molar-refractivity contribution in [1.29, 1.82) is 0 Å². The largest absolute Gasteiger partial charge is 0.369 e. The molecule has 1 aliphatic rings. The van der Waals surface area contributed by atoms with Crippen LogP contribution in [0.4, 0.5) is 23.3 Å². The molecule has 2 aromatic carbocycles. The number of nitrogens with two attached hydrogens (primary N) is 1. The van der Waals surface area contributed by atoms with Crippen LogP contribution in [0.25, 0.3) is 0 Å². The highest BCUT2D eigenvalue weighted by Crippen LogP contribution is 2.25. The minimum absolute atomic E-state index is 0.226. The monoisotopic (exact) mass is 423 g/mol. The van der Waals surface area contributed by atoms with E-state index in [1.54, 1.807) is 0 Å². The molecule has 0 unspecified atom stereocenters. The van der Waals surface area contributed by atoms with E-state index in [2.05, 4.69) is 43.1 Å². The van der Waals surface area contributed by atoms with E-state index >= 15 is 0 Å². The van der Waals surface area contributed by atoms with Crippen LogP contribution < -0.4 is 16.0 Å². The van der Waals surface area contributed by atoms with Crippen molar-refractivity contribution in [2.75, 3.05) is 42.1 Å². The molecule has 1 aliphatic heterocycles. The highest BCUT2D eigenvalue weighted by atomic mass is 35.5. The molecule has 0 saturated carbocycles. The van der Waals surface area contributed by atoms with Crippen LogP contribution >= 0.6 is 11.6 Å². The van der Waals surface area contributed by atoms with Gasteiger partial charge in [-0.25, -0.2) is 0 Å². The maximum absolute atomic E-state index is 6.19. The number of halogens is 1. The van der Waals surface area contributed by atoms with E-state index in [1.807, 2.05) is 43.3 Å². The summed E-state index contributed by atoms with van der Waals surface area (Å²) in [6.45, 7) is 8.48. The molecule has 3 aromatic rings. The third kappa shape index (κ3) is 4.80. The first kappa shape index (κ1) is 20.4. The van der Waals surface area contributed by atoms with Gasteiger partial charge in [-0.1, -0.05) is 35.9 Å². The van der Waals surface area contributed by atoms with Crippen LogP contribution in [0.5, 0.6) is 0 Å². The number of nitrogens with one attached hydrogen (secondary N) is 1. The first-order valence-corrected chi connectivity index (χ1v) is 10.4. The molecule has 0 radical (unpaired) electrons. The summed E-state index contributed by atoms with van der Waals surface area (Å²) in [6, 6.07) is 14.1. The van der Waals surface area contributed by atoms with E-state index in [0.717, 1.165) is 42.5 Å². The highest BCUT2D eigenvalue weighted by molar-refractivity contribution is 6.30. The second-order valence-corrected chi connectivity index (χ2v) is 8.00. The number of nitrogen functional groups attached to an aromatic ring is 1. The van der Waals surface area contributed by atoms with Crippen LogP contribution in [0.15, 0.2) is 42.5 Å². The van der Waals surface area contributed by atoms with Crippen molar-refractivity contribution in [1.82, 2.24) is 19.9 Å². The number of anilines is 4. The first-order valence-electron chi connectivity index (χ1n) is 10.0. The maximum atomic E-state index is 6.19. The molecular formula is C22H26ClN7. The van der Waals surface area contributed by atoms with Crippen molar-refractivity contribution in [3.63, 3.8) is 0 Å². The number of rotatable bonds is 5. The third-order valence-electron chi connectivity index (χ3n) is 5.34. The van der Waals surface area contributed by atoms with E-state index in [-0.39, 0.29) is 5.95 Å². The Hall–Kier alpha value is -2.90. The third-order valence-corrected chi connectivity index (χ3v) is 5.57. The van der Waals surface area contributed by atoms with Crippen LogP contribution in [0.3, 0.4) is 0 Å². The van der Waals surface area contributed by atoms with Crippen molar-refractivity contribution >= 4 is 34.9 Å². The lowest BCUT2D eigenvalue weighted by atomic mass is 10.1. The molecule has 1 saturated heterocycles. The van der Waals surface area contributed by atoms with Gasteiger partial charge in [-0.05, 0) is 43.2 Å². The lowest BCUT2D eigenvalue weighted by Crippen LogP contribution is -2.46. The number of benzene rings is 2. The average molecular weight is 424 g/mol. The Morgan fingerprint density at radius 3 is 2.50 bits per heavy atom. The smallest absolute Gasteiger partial charge is 0.232 e. The molecule has 0 atom stereocenters. The summed E-state index contributed by atoms with van der Waals surface area (Å²) in [5.74, 6) is 1.37. The predicted octanol–water partition coefficient (Wildman–Crippen LogP) is 3.79. The predicted molar refractivity (Wildman–Crippen MR) is 122 cm³/mol. The Kier molecular flexibility index (Phi) is 6.01. The molecule has 0 spiro atoms. The Balaban J connectivity index is 1.41. The zero-order valence-electron chi connectivity index (χ0n) is 17.3. The molecule has 4 rings (SSSR count). The standard InChI is InChI=1S/C22H26ClN7/c1-15-5-3-4-6-18(15)25-22-27-20(26-21(24)28-22)14-29-9-11-30(12-10-29)19-13-17(23)8-7-16(19)2/h3-8,13H,9-12,14H2,1-2H3,(H3,24,25,26,27,28). The fourth-order valence-corrected chi connectivity index (χ4v) is 3.83. The zero-order chi connectivity index (χ0) is 21.1. The van der Waals surface area contributed by atoms with Crippen molar-refractivity contribution < 1.29 is 0 Å². The van der Waals surface area contributed by atoms with Gasteiger partial charge in [0.2, 0.25) is 11.9 Å². The number of aromatic nitrogens is 3. The first-order chi connectivity index (χ1) is 14.5. The molecule has 0 amide bonds. The minimum Gasteiger partial charge on any atom is -0.369 e. The molecule has 1 aromatic heterocycles. The van der Waals surface area contributed by atoms with Crippen molar-refractivity contribution in [3.05, 3.63) is 64.4 Å². The molecule has 1 fully saturated rings. The normalized spacial score (nSPS) is 14.7. The number of piperazine rings is 1. The quantitative estimate of drug-likeness (QED) is 0.645. The average Bonchev–Trinajstić information content (AvgIpc) is 2.72. The summed E-state index contributed by atoms with van der Waals surface area (Å²) in [4.78, 5) is 17.9. The van der Waals surface area contributed by atoms with E-state index in [1.165, 1.54) is 11.3 Å². The molecule has 0 bridgehead atoms. The number of para-hydroxylation sites is 1. The Morgan fingerprint density at radius 1 is 0.967 bits per heavy atom. The van der Waals surface area contributed by atoms with Gasteiger partial charge in [0.05, 0.1) is 6.54 Å². The minimum atomic E-state index is 0.226. The van der Waals surface area contributed by atoms with E-state index < -0.39 is 0 Å². The zero-order valence-corrected chi connectivity index (χ0v) is 18.0. The molecular weight excluding hydrogens is 398 g/mol. The maximum Gasteiger partial charge on any atom is 0.232 e. The molecule has 7 nitrogen and oxygen atoms in total. The lowest BCUT2D eigenvalue weighted by molar-refractivity contribution is 0.244. The van der Waals surface area contributed by atoms with Gasteiger partial charge < -0.3 is 16.0 Å². The van der Waals surface area contributed by atoms with E-state index in [0.29, 0.717) is 18.3 Å². The molecule has 8 heteroatoms. The van der Waals surface area contributed by atoms with Gasteiger partial charge in [0.15, 0.2) is 0 Å². The Labute approximate surface area is 181 Å². The topological polar surface area (TPSA) is 83.2 Å². The summed E-state index contributed by atoms with van der Waals surface area (Å²) in [5, 5.41) is 4.02. The Morgan fingerprint density at radius 2 is 1.73 bits per heavy atom. The van der Waals surface area contributed by atoms with E-state index in [4.69, 9.17) is 17.3 Å². The molecule has 30 heavy (non-hydrogen) atoms. The lowest BCUT2D eigenvalue weighted by Gasteiger charge is -2.36.